The van der Waals surface area contributed by atoms with Crippen molar-refractivity contribution in [2.45, 2.75) is 64.0 Å². The topological polar surface area (TPSA) is 123 Å². The number of fused-ring (bicyclic) bond motifs is 1. The molecule has 8 heteroatoms. The number of nitrogens with one attached hydrogen (secondary N) is 2. The normalized spacial score (nSPS) is 21.9. The van der Waals surface area contributed by atoms with Gasteiger partial charge in [0, 0.05) is 24.2 Å². The first-order valence-electron chi connectivity index (χ1n) is 10.2. The lowest BCUT2D eigenvalue weighted by Crippen LogP contribution is -2.40. The van der Waals surface area contributed by atoms with Gasteiger partial charge in [0.25, 0.3) is 11.5 Å². The van der Waals surface area contributed by atoms with Gasteiger partial charge in [-0.05, 0) is 50.6 Å². The van der Waals surface area contributed by atoms with Crippen molar-refractivity contribution in [1.82, 2.24) is 19.9 Å². The molecule has 2 heterocycles. The molecule has 0 bridgehead atoms. The second-order valence-corrected chi connectivity index (χ2v) is 7.99. The third kappa shape index (κ3) is 3.37. The Labute approximate surface area is 162 Å². The van der Waals surface area contributed by atoms with E-state index in [1.807, 2.05) is 6.92 Å². The van der Waals surface area contributed by atoms with Crippen molar-refractivity contribution in [1.29, 1.82) is 0 Å². The van der Waals surface area contributed by atoms with Crippen molar-refractivity contribution in [3.05, 3.63) is 38.2 Å². The van der Waals surface area contributed by atoms with Crippen LogP contribution in [0.15, 0.2) is 15.7 Å². The van der Waals surface area contributed by atoms with Crippen LogP contribution < -0.4 is 22.3 Å². The summed E-state index contributed by atoms with van der Waals surface area (Å²) in [5.74, 6) is 0.270. The smallest absolute Gasteiger partial charge is 0.329 e. The van der Waals surface area contributed by atoms with Crippen molar-refractivity contribution < 1.29 is 4.79 Å². The largest absolute Gasteiger partial charge is 0.349 e. The van der Waals surface area contributed by atoms with E-state index in [4.69, 9.17) is 5.73 Å². The number of nitrogens with zero attached hydrogens (tertiary/aromatic N) is 2. The van der Waals surface area contributed by atoms with Crippen LogP contribution in [0.25, 0.3) is 11.0 Å². The van der Waals surface area contributed by atoms with E-state index in [2.05, 4.69) is 15.3 Å². The minimum Gasteiger partial charge on any atom is -0.349 e. The van der Waals surface area contributed by atoms with Crippen LogP contribution >= 0.6 is 0 Å². The van der Waals surface area contributed by atoms with E-state index in [9.17, 15) is 14.4 Å². The number of carbonyl (C=O) groups excluding carboxylic acids is 1. The highest BCUT2D eigenvalue weighted by molar-refractivity contribution is 6.05. The summed E-state index contributed by atoms with van der Waals surface area (Å²) in [6.07, 6.45) is 5.68. The molecule has 150 valence electrons. The maximum absolute atomic E-state index is 13.2. The van der Waals surface area contributed by atoms with E-state index in [1.165, 1.54) is 4.57 Å². The molecule has 2 aliphatic carbocycles. The molecule has 2 aromatic heterocycles. The molecule has 1 amide bonds. The molecule has 8 nitrogen and oxygen atoms in total. The number of hydrogen-bond donors (Lipinski definition) is 3. The monoisotopic (exact) mass is 385 g/mol. The van der Waals surface area contributed by atoms with Crippen molar-refractivity contribution in [2.75, 3.05) is 6.54 Å². The summed E-state index contributed by atoms with van der Waals surface area (Å²) in [6, 6.07) is 1.75. The number of aryl methyl sites for hydroxylation is 1. The number of H-pyrrole nitrogens is 1. The minimum atomic E-state index is -0.561. The highest BCUT2D eigenvalue weighted by Gasteiger charge is 2.31. The summed E-state index contributed by atoms with van der Waals surface area (Å²) in [6.45, 7) is 2.92. The predicted octanol–water partition coefficient (Wildman–Crippen LogP) is 1.23. The maximum atomic E-state index is 13.2. The molecule has 0 saturated heterocycles. The van der Waals surface area contributed by atoms with Crippen molar-refractivity contribution in [3.63, 3.8) is 0 Å². The number of hydrogen-bond acceptors (Lipinski definition) is 5. The lowest BCUT2D eigenvalue weighted by atomic mass is 10.0. The Bertz CT molecular complexity index is 1020. The molecule has 2 aliphatic rings. The summed E-state index contributed by atoms with van der Waals surface area (Å²) in [4.78, 5) is 45.1. The highest BCUT2D eigenvalue weighted by atomic mass is 16.2. The Morgan fingerprint density at radius 2 is 2.11 bits per heavy atom. The van der Waals surface area contributed by atoms with E-state index in [-0.39, 0.29) is 23.3 Å². The predicted molar refractivity (Wildman–Crippen MR) is 107 cm³/mol. The fourth-order valence-electron chi connectivity index (χ4n) is 4.25. The average molecular weight is 385 g/mol. The van der Waals surface area contributed by atoms with Crippen molar-refractivity contribution >= 4 is 16.9 Å². The number of rotatable bonds is 6. The van der Waals surface area contributed by atoms with Gasteiger partial charge >= 0.3 is 5.69 Å². The molecule has 4 rings (SSSR count). The van der Waals surface area contributed by atoms with Gasteiger partial charge < -0.3 is 11.1 Å². The van der Waals surface area contributed by atoms with E-state index in [1.54, 1.807) is 6.07 Å². The van der Waals surface area contributed by atoms with Crippen LogP contribution in [0.4, 0.5) is 0 Å². The van der Waals surface area contributed by atoms with Crippen LogP contribution in [-0.4, -0.2) is 33.0 Å². The zero-order chi connectivity index (χ0) is 19.8. The number of nitrogens with two attached hydrogens (primary N) is 1. The zero-order valence-electron chi connectivity index (χ0n) is 16.2. The molecular formula is C20H27N5O3. The second-order valence-electron chi connectivity index (χ2n) is 7.99. The lowest BCUT2D eigenvalue weighted by Gasteiger charge is -2.20. The number of aromatic amines is 1. The van der Waals surface area contributed by atoms with Crippen LogP contribution in [-0.2, 0) is 6.54 Å². The SMILES string of the molecule is CCCn1c(=O)[nH]c(=O)c2c(C(=O)NC3CCCC3CN)cc(C3CC3)nc21. The Morgan fingerprint density at radius 1 is 1.32 bits per heavy atom. The Kier molecular flexibility index (Phi) is 5.05. The first-order valence-corrected chi connectivity index (χ1v) is 10.2. The lowest BCUT2D eigenvalue weighted by molar-refractivity contribution is 0.0930. The van der Waals surface area contributed by atoms with E-state index in [0.717, 1.165) is 44.2 Å². The Hall–Kier alpha value is -2.48. The standard InChI is InChI=1S/C20H27N5O3/c1-2-8-25-17-16(19(27)24-20(25)28)13(9-15(22-17)11-6-7-11)18(26)23-14-5-3-4-12(14)10-21/h9,11-12,14H,2-8,10,21H2,1H3,(H,23,26)(H,24,27,28). The molecule has 0 aliphatic heterocycles. The first-order chi connectivity index (χ1) is 13.5. The quantitative estimate of drug-likeness (QED) is 0.690. The molecule has 2 atom stereocenters. The van der Waals surface area contributed by atoms with Crippen LogP contribution in [0, 0.1) is 5.92 Å². The van der Waals surface area contributed by atoms with Gasteiger partial charge in [-0.1, -0.05) is 13.3 Å². The number of amides is 1. The molecule has 0 aromatic carbocycles. The molecule has 2 saturated carbocycles. The molecule has 2 aromatic rings. The van der Waals surface area contributed by atoms with Gasteiger partial charge in [-0.15, -0.1) is 0 Å². The summed E-state index contributed by atoms with van der Waals surface area (Å²) in [7, 11) is 0. The van der Waals surface area contributed by atoms with Gasteiger partial charge in [-0.3, -0.25) is 19.1 Å². The molecule has 2 fully saturated rings. The third-order valence-corrected chi connectivity index (χ3v) is 5.93. The van der Waals surface area contributed by atoms with Crippen molar-refractivity contribution in [2.24, 2.45) is 11.7 Å². The van der Waals surface area contributed by atoms with Gasteiger partial charge in [0.2, 0.25) is 0 Å². The highest BCUT2D eigenvalue weighted by Crippen LogP contribution is 2.40. The third-order valence-electron chi connectivity index (χ3n) is 5.93. The molecule has 28 heavy (non-hydrogen) atoms. The van der Waals surface area contributed by atoms with Crippen LogP contribution in [0.1, 0.15) is 67.4 Å². The van der Waals surface area contributed by atoms with E-state index in [0.29, 0.717) is 30.2 Å². The zero-order valence-corrected chi connectivity index (χ0v) is 16.2. The van der Waals surface area contributed by atoms with Crippen molar-refractivity contribution in [3.8, 4) is 0 Å². The minimum absolute atomic E-state index is 0.0192. The summed E-state index contributed by atoms with van der Waals surface area (Å²) < 4.78 is 1.47. The number of aromatic nitrogens is 3. The summed E-state index contributed by atoms with van der Waals surface area (Å²) >= 11 is 0. The van der Waals surface area contributed by atoms with Crippen LogP contribution in [0.5, 0.6) is 0 Å². The van der Waals surface area contributed by atoms with Crippen LogP contribution in [0.2, 0.25) is 0 Å². The molecule has 2 unspecified atom stereocenters. The number of pyridine rings is 1. The average Bonchev–Trinajstić information content (AvgIpc) is 3.44. The van der Waals surface area contributed by atoms with Crippen LogP contribution in [0.3, 0.4) is 0 Å². The van der Waals surface area contributed by atoms with Gasteiger partial charge in [0.15, 0.2) is 5.65 Å². The molecule has 0 spiro atoms. The van der Waals surface area contributed by atoms with Gasteiger partial charge in [0.1, 0.15) is 0 Å². The van der Waals surface area contributed by atoms with Gasteiger partial charge in [-0.2, -0.15) is 0 Å². The maximum Gasteiger partial charge on any atom is 0.329 e. The van der Waals surface area contributed by atoms with Gasteiger partial charge in [-0.25, -0.2) is 9.78 Å². The van der Waals surface area contributed by atoms with Gasteiger partial charge in [0.05, 0.1) is 10.9 Å². The molecule has 4 N–H and O–H groups in total. The number of carbonyl (C=O) groups is 1. The Balaban J connectivity index is 1.84. The van der Waals surface area contributed by atoms with E-state index >= 15 is 0 Å². The fraction of sp³-hybridized carbons (Fsp3) is 0.600. The Morgan fingerprint density at radius 3 is 2.79 bits per heavy atom. The summed E-state index contributed by atoms with van der Waals surface area (Å²) in [5.41, 5.74) is 6.20. The molecular weight excluding hydrogens is 358 g/mol. The summed E-state index contributed by atoms with van der Waals surface area (Å²) in [5, 5.41) is 3.27. The van der Waals surface area contributed by atoms with E-state index < -0.39 is 11.2 Å². The fourth-order valence-corrected chi connectivity index (χ4v) is 4.25. The first kappa shape index (κ1) is 18.9. The second kappa shape index (κ2) is 7.50. The molecule has 0 radical (unpaired) electrons.